The van der Waals surface area contributed by atoms with E-state index in [1.807, 2.05) is 7.11 Å². The van der Waals surface area contributed by atoms with Gasteiger partial charge in [-0.25, -0.2) is 0 Å². The van der Waals surface area contributed by atoms with Gasteiger partial charge in [0.1, 0.15) is 0 Å². The summed E-state index contributed by atoms with van der Waals surface area (Å²) in [5, 5.41) is 0. The molecule has 216 valence electrons. The average molecular weight is 504 g/mol. The Bertz CT molecular complexity index is 401. The third-order valence-corrected chi connectivity index (χ3v) is 6.02. The molecule has 1 aliphatic carbocycles. The van der Waals surface area contributed by atoms with Gasteiger partial charge in [-0.05, 0) is 80.1 Å². The van der Waals surface area contributed by atoms with E-state index in [1.54, 1.807) is 21.3 Å². The minimum atomic E-state index is 0.746. The lowest BCUT2D eigenvalue weighted by atomic mass is 9.83. The Morgan fingerprint density at radius 3 is 1.31 bits per heavy atom. The molecular formula is C31H69NO3. The van der Waals surface area contributed by atoms with Crippen LogP contribution in [0.5, 0.6) is 0 Å². The minimum absolute atomic E-state index is 0.746. The molecule has 1 saturated carbocycles. The van der Waals surface area contributed by atoms with Crippen molar-refractivity contribution in [2.45, 2.75) is 94.9 Å². The molecule has 0 bridgehead atoms. The number of rotatable bonds is 6. The zero-order chi connectivity index (χ0) is 28.0. The predicted octanol–water partition coefficient (Wildman–Crippen LogP) is 8.15. The van der Waals surface area contributed by atoms with E-state index in [-0.39, 0.29) is 0 Å². The summed E-state index contributed by atoms with van der Waals surface area (Å²) >= 11 is 0. The van der Waals surface area contributed by atoms with E-state index >= 15 is 0 Å². The third-order valence-electron chi connectivity index (χ3n) is 6.02. The van der Waals surface area contributed by atoms with Crippen LogP contribution in [0.1, 0.15) is 94.9 Å². The van der Waals surface area contributed by atoms with E-state index in [0.29, 0.717) is 0 Å². The highest BCUT2D eigenvalue weighted by Gasteiger charge is 2.27. The van der Waals surface area contributed by atoms with Crippen molar-refractivity contribution in [3.8, 4) is 0 Å². The Morgan fingerprint density at radius 1 is 0.600 bits per heavy atom. The summed E-state index contributed by atoms with van der Waals surface area (Å²) in [4.78, 5) is 2.44. The molecule has 0 aromatic rings. The van der Waals surface area contributed by atoms with Gasteiger partial charge in [-0.15, -0.1) is 0 Å². The Balaban J connectivity index is -0.000000418. The normalized spacial score (nSPS) is 24.1. The molecule has 0 radical (unpaired) electrons. The fourth-order valence-corrected chi connectivity index (χ4v) is 4.44. The number of hydrogen-bond acceptors (Lipinski definition) is 4. The third kappa shape index (κ3) is 28.3. The molecule has 4 atom stereocenters. The van der Waals surface area contributed by atoms with Crippen LogP contribution in [0.3, 0.4) is 0 Å². The van der Waals surface area contributed by atoms with Gasteiger partial charge in [-0.1, -0.05) is 69.2 Å². The van der Waals surface area contributed by atoms with Gasteiger partial charge >= 0.3 is 0 Å². The van der Waals surface area contributed by atoms with Crippen molar-refractivity contribution in [1.29, 1.82) is 0 Å². The van der Waals surface area contributed by atoms with Crippen LogP contribution in [-0.2, 0) is 14.2 Å². The molecule has 0 aromatic heterocycles. The molecule has 4 nitrogen and oxygen atoms in total. The molecule has 35 heavy (non-hydrogen) atoms. The number of likely N-dealkylation sites (tertiary alicyclic amines) is 1. The second-order valence-electron chi connectivity index (χ2n) is 12.8. The zero-order valence-corrected chi connectivity index (χ0v) is 26.9. The number of hydrogen-bond donors (Lipinski definition) is 0. The maximum atomic E-state index is 5.23. The molecule has 0 N–H and O–H groups in total. The van der Waals surface area contributed by atoms with E-state index in [1.165, 1.54) is 38.8 Å². The van der Waals surface area contributed by atoms with Gasteiger partial charge in [0.25, 0.3) is 0 Å². The molecule has 1 saturated heterocycles. The van der Waals surface area contributed by atoms with Crippen molar-refractivity contribution in [3.05, 3.63) is 0 Å². The second kappa shape index (κ2) is 25.5. The number of ether oxygens (including phenoxy) is 3. The van der Waals surface area contributed by atoms with Crippen molar-refractivity contribution >= 4 is 0 Å². The fraction of sp³-hybridized carbons (Fsp3) is 1.00. The highest BCUT2D eigenvalue weighted by molar-refractivity contribution is 4.79. The van der Waals surface area contributed by atoms with Gasteiger partial charge < -0.3 is 19.1 Å². The SMILES string of the molecule is CC(C)C.CC(C)C.COC.COCC1CC(C(C)C)CN(C)C1.COCC1CCC(C(C)C)C1. The maximum absolute atomic E-state index is 5.23. The van der Waals surface area contributed by atoms with Crippen molar-refractivity contribution in [1.82, 2.24) is 4.90 Å². The summed E-state index contributed by atoms with van der Waals surface area (Å²) in [5.74, 6) is 6.77. The lowest BCUT2D eigenvalue weighted by molar-refractivity contribution is 0.0627. The molecule has 0 amide bonds. The number of methoxy groups -OCH3 is 3. The second-order valence-corrected chi connectivity index (χ2v) is 12.8. The molecule has 1 heterocycles. The van der Waals surface area contributed by atoms with Gasteiger partial charge in [-0.2, -0.15) is 0 Å². The summed E-state index contributed by atoms with van der Waals surface area (Å²) < 4.78 is 14.6. The first-order chi connectivity index (χ1) is 16.2. The molecule has 4 heteroatoms. The Labute approximate surface area is 223 Å². The summed E-state index contributed by atoms with van der Waals surface area (Å²) in [5.41, 5.74) is 0. The van der Waals surface area contributed by atoms with Gasteiger partial charge in [0.05, 0.1) is 6.61 Å². The van der Waals surface area contributed by atoms with Crippen LogP contribution >= 0.6 is 0 Å². The number of piperidine rings is 1. The van der Waals surface area contributed by atoms with Crippen LogP contribution in [-0.4, -0.2) is 66.7 Å². The molecule has 0 spiro atoms. The lowest BCUT2D eigenvalue weighted by Gasteiger charge is -2.37. The highest BCUT2D eigenvalue weighted by Crippen LogP contribution is 2.35. The van der Waals surface area contributed by atoms with Crippen LogP contribution in [0.4, 0.5) is 0 Å². The van der Waals surface area contributed by atoms with Crippen LogP contribution in [0.2, 0.25) is 0 Å². The van der Waals surface area contributed by atoms with E-state index in [0.717, 1.165) is 60.6 Å². The van der Waals surface area contributed by atoms with Crippen molar-refractivity contribution in [2.75, 3.05) is 61.8 Å². The largest absolute Gasteiger partial charge is 0.388 e. The minimum Gasteiger partial charge on any atom is -0.388 e. The first-order valence-corrected chi connectivity index (χ1v) is 14.3. The average Bonchev–Trinajstić information content (AvgIpc) is 3.17. The fourth-order valence-electron chi connectivity index (χ4n) is 4.44. The molecule has 0 aromatic carbocycles. The Kier molecular flexibility index (Phi) is 28.7. The Morgan fingerprint density at radius 2 is 0.971 bits per heavy atom. The standard InChI is InChI=1S/C11H23NO.C10H20O.2C4H10.C2H6O/c1-9(2)11-5-10(8-13-4)6-12(3)7-11;1-8(2)10-5-4-9(6-10)7-11-3;2*1-4(2)3;1-3-2/h9-11H,5-8H2,1-4H3;8-10H,4-7H2,1-3H3;2*4H,1-3H3;1-2H3. The lowest BCUT2D eigenvalue weighted by Crippen LogP contribution is -2.41. The quantitative estimate of drug-likeness (QED) is 0.366. The summed E-state index contributed by atoms with van der Waals surface area (Å²) in [6, 6.07) is 0. The first-order valence-electron chi connectivity index (χ1n) is 14.3. The summed E-state index contributed by atoms with van der Waals surface area (Å²) in [6.07, 6.45) is 5.55. The van der Waals surface area contributed by atoms with Crippen LogP contribution in [0, 0.1) is 47.3 Å². The van der Waals surface area contributed by atoms with Gasteiger partial charge in [0.2, 0.25) is 0 Å². The molecule has 2 rings (SSSR count). The van der Waals surface area contributed by atoms with Crippen LogP contribution in [0.15, 0.2) is 0 Å². The zero-order valence-electron chi connectivity index (χ0n) is 26.9. The van der Waals surface area contributed by atoms with Crippen molar-refractivity contribution in [2.24, 2.45) is 47.3 Å². The van der Waals surface area contributed by atoms with E-state index in [2.05, 4.69) is 85.9 Å². The summed E-state index contributed by atoms with van der Waals surface area (Å²) in [6.45, 7) is 26.7. The molecule has 1 aliphatic heterocycles. The van der Waals surface area contributed by atoms with Gasteiger partial charge in [0.15, 0.2) is 0 Å². The summed E-state index contributed by atoms with van der Waals surface area (Å²) in [7, 11) is 9.08. The highest BCUT2D eigenvalue weighted by atomic mass is 16.5. The maximum Gasteiger partial charge on any atom is 0.0502 e. The predicted molar refractivity (Wildman–Crippen MR) is 157 cm³/mol. The molecule has 2 aliphatic rings. The molecule has 4 unspecified atom stereocenters. The van der Waals surface area contributed by atoms with Crippen LogP contribution in [0.25, 0.3) is 0 Å². The van der Waals surface area contributed by atoms with Crippen LogP contribution < -0.4 is 0 Å². The van der Waals surface area contributed by atoms with E-state index in [9.17, 15) is 0 Å². The van der Waals surface area contributed by atoms with Gasteiger partial charge in [0, 0.05) is 48.1 Å². The molecule has 2 fully saturated rings. The van der Waals surface area contributed by atoms with Gasteiger partial charge in [-0.3, -0.25) is 0 Å². The smallest absolute Gasteiger partial charge is 0.0502 e. The topological polar surface area (TPSA) is 30.9 Å². The van der Waals surface area contributed by atoms with Crippen molar-refractivity contribution < 1.29 is 14.2 Å². The first kappa shape index (κ1) is 39.4. The van der Waals surface area contributed by atoms with Crippen molar-refractivity contribution in [3.63, 3.8) is 0 Å². The molecular weight excluding hydrogens is 434 g/mol. The monoisotopic (exact) mass is 504 g/mol. The Hall–Kier alpha value is -0.160. The van der Waals surface area contributed by atoms with E-state index < -0.39 is 0 Å². The number of nitrogens with zero attached hydrogens (tertiary/aromatic N) is 1. The van der Waals surface area contributed by atoms with E-state index in [4.69, 9.17) is 9.47 Å².